The highest BCUT2D eigenvalue weighted by atomic mass is 32.2. The maximum atomic E-state index is 12.8. The molecule has 3 aromatic rings. The van der Waals surface area contributed by atoms with Crippen molar-refractivity contribution in [1.82, 2.24) is 15.1 Å². The van der Waals surface area contributed by atoms with Crippen LogP contribution in [0.3, 0.4) is 0 Å². The molecule has 5 rings (SSSR count). The zero-order chi connectivity index (χ0) is 24.4. The first kappa shape index (κ1) is 23.3. The fraction of sp³-hybridized carbons (Fsp3) is 0.346. The molecule has 0 radical (unpaired) electrons. The number of thioether (sulfide) groups is 1. The minimum atomic E-state index is -0.163. The fourth-order valence-electron chi connectivity index (χ4n) is 4.38. The van der Waals surface area contributed by atoms with Crippen LogP contribution in [0.5, 0.6) is 11.5 Å². The summed E-state index contributed by atoms with van der Waals surface area (Å²) in [7, 11) is 0. The molecule has 1 aromatic heterocycles. The molecule has 3 heterocycles. The van der Waals surface area contributed by atoms with Crippen molar-refractivity contribution >= 4 is 29.3 Å². The predicted octanol–water partition coefficient (Wildman–Crippen LogP) is 4.05. The second-order valence-electron chi connectivity index (χ2n) is 8.62. The summed E-state index contributed by atoms with van der Waals surface area (Å²) in [6, 6.07) is 15.5. The van der Waals surface area contributed by atoms with E-state index in [0.717, 1.165) is 33.4 Å². The molecular weight excluding hydrogens is 464 g/mol. The Labute approximate surface area is 208 Å². The number of benzene rings is 2. The van der Waals surface area contributed by atoms with Crippen LogP contribution in [0.1, 0.15) is 37.1 Å². The lowest BCUT2D eigenvalue weighted by atomic mass is 10.1. The molecule has 0 spiro atoms. The van der Waals surface area contributed by atoms with Crippen molar-refractivity contribution in [2.24, 2.45) is 0 Å². The summed E-state index contributed by atoms with van der Waals surface area (Å²) in [4.78, 5) is 27.2. The molecule has 0 fully saturated rings. The van der Waals surface area contributed by atoms with Crippen molar-refractivity contribution in [2.75, 3.05) is 30.4 Å². The lowest BCUT2D eigenvalue weighted by Crippen LogP contribution is -2.37. The molecule has 2 amide bonds. The maximum absolute atomic E-state index is 12.8. The summed E-state index contributed by atoms with van der Waals surface area (Å²) in [6.07, 6.45) is 0.887. The van der Waals surface area contributed by atoms with Crippen LogP contribution in [0.4, 0.5) is 5.69 Å². The molecular formula is C26H28N4O4S. The molecule has 0 unspecified atom stereocenters. The average molecular weight is 493 g/mol. The number of nitrogens with one attached hydrogen (secondary N) is 1. The molecule has 0 aliphatic carbocycles. The lowest BCUT2D eigenvalue weighted by molar-refractivity contribution is -0.122. The van der Waals surface area contributed by atoms with Gasteiger partial charge in [-0.2, -0.15) is 5.10 Å². The van der Waals surface area contributed by atoms with Gasteiger partial charge in [-0.15, -0.1) is 0 Å². The molecule has 8 nitrogen and oxygen atoms in total. The number of hydrogen-bond donors (Lipinski definition) is 1. The van der Waals surface area contributed by atoms with Crippen molar-refractivity contribution in [3.63, 3.8) is 0 Å². The number of amides is 2. The molecule has 2 aliphatic rings. The summed E-state index contributed by atoms with van der Waals surface area (Å²) in [6.45, 7) is 5.41. The number of fused-ring (bicyclic) bond motifs is 2. The normalized spacial score (nSPS) is 15.5. The number of aryl methyl sites for hydroxylation is 1. The van der Waals surface area contributed by atoms with Gasteiger partial charge in [-0.25, -0.2) is 4.68 Å². The smallest absolute Gasteiger partial charge is 0.237 e. The van der Waals surface area contributed by atoms with Crippen LogP contribution in [-0.4, -0.2) is 47.1 Å². The number of anilines is 1. The van der Waals surface area contributed by atoms with E-state index in [1.54, 1.807) is 4.90 Å². The van der Waals surface area contributed by atoms with Crippen LogP contribution in [0.25, 0.3) is 5.69 Å². The number of carbonyl (C=O) groups is 2. The van der Waals surface area contributed by atoms with Crippen molar-refractivity contribution in [3.05, 3.63) is 59.8 Å². The number of carbonyl (C=O) groups excluding carboxylic acids is 2. The Morgan fingerprint density at radius 1 is 1.14 bits per heavy atom. The van der Waals surface area contributed by atoms with Gasteiger partial charge < -0.3 is 19.7 Å². The Morgan fingerprint density at radius 3 is 2.71 bits per heavy atom. The van der Waals surface area contributed by atoms with Crippen LogP contribution in [0, 0.1) is 6.92 Å². The van der Waals surface area contributed by atoms with Crippen LogP contribution in [0.15, 0.2) is 53.6 Å². The monoisotopic (exact) mass is 492 g/mol. The second kappa shape index (κ2) is 10.0. The molecule has 0 saturated heterocycles. The Hall–Kier alpha value is -3.46. The minimum absolute atomic E-state index is 0.0447. The summed E-state index contributed by atoms with van der Waals surface area (Å²) in [5.41, 5.74) is 3.58. The van der Waals surface area contributed by atoms with E-state index >= 15 is 0 Å². The predicted molar refractivity (Wildman–Crippen MR) is 135 cm³/mol. The molecule has 2 aliphatic heterocycles. The van der Waals surface area contributed by atoms with Gasteiger partial charge >= 0.3 is 0 Å². The SMILES string of the molecule is Cc1nn(-c2ccccc2)c2c1N(CCCC(=O)N[C@H](C)c1ccc3c(c1)OCCO3)C(=O)CS2. The minimum Gasteiger partial charge on any atom is -0.486 e. The molecule has 0 bridgehead atoms. The average Bonchev–Trinajstić information content (AvgIpc) is 3.22. The van der Waals surface area contributed by atoms with E-state index in [0.29, 0.717) is 44.1 Å². The Bertz CT molecular complexity index is 1240. The third-order valence-electron chi connectivity index (χ3n) is 6.12. The molecule has 35 heavy (non-hydrogen) atoms. The number of nitrogens with zero attached hydrogens (tertiary/aromatic N) is 3. The highest BCUT2D eigenvalue weighted by molar-refractivity contribution is 8.00. The van der Waals surface area contributed by atoms with E-state index in [2.05, 4.69) is 5.32 Å². The molecule has 2 aromatic carbocycles. The number of rotatable bonds is 7. The van der Waals surface area contributed by atoms with E-state index in [1.807, 2.05) is 67.1 Å². The molecule has 1 atom stereocenters. The maximum Gasteiger partial charge on any atom is 0.237 e. The van der Waals surface area contributed by atoms with E-state index in [1.165, 1.54) is 11.8 Å². The van der Waals surface area contributed by atoms with Crippen LogP contribution < -0.4 is 19.7 Å². The first-order chi connectivity index (χ1) is 17.0. The van der Waals surface area contributed by atoms with E-state index in [4.69, 9.17) is 14.6 Å². The summed E-state index contributed by atoms with van der Waals surface area (Å²) in [5.74, 6) is 1.79. The van der Waals surface area contributed by atoms with Crippen LogP contribution in [0.2, 0.25) is 0 Å². The number of para-hydroxylation sites is 1. The van der Waals surface area contributed by atoms with Gasteiger partial charge in [0.2, 0.25) is 11.8 Å². The van der Waals surface area contributed by atoms with E-state index in [9.17, 15) is 9.59 Å². The molecule has 9 heteroatoms. The molecule has 182 valence electrons. The van der Waals surface area contributed by atoms with Gasteiger partial charge in [-0.3, -0.25) is 9.59 Å². The zero-order valence-corrected chi connectivity index (χ0v) is 20.6. The third-order valence-corrected chi connectivity index (χ3v) is 7.15. The molecule has 0 saturated carbocycles. The highest BCUT2D eigenvalue weighted by Gasteiger charge is 2.31. The number of ether oxygens (including phenoxy) is 2. The Balaban J connectivity index is 1.21. The summed E-state index contributed by atoms with van der Waals surface area (Å²) in [5, 5.41) is 8.71. The van der Waals surface area contributed by atoms with Gasteiger partial charge in [-0.05, 0) is 50.1 Å². The Kier molecular flexibility index (Phi) is 6.68. The van der Waals surface area contributed by atoms with E-state index in [-0.39, 0.29) is 17.9 Å². The second-order valence-corrected chi connectivity index (χ2v) is 9.58. The summed E-state index contributed by atoms with van der Waals surface area (Å²) < 4.78 is 13.1. The Morgan fingerprint density at radius 2 is 1.91 bits per heavy atom. The first-order valence-corrected chi connectivity index (χ1v) is 12.8. The highest BCUT2D eigenvalue weighted by Crippen LogP contribution is 2.39. The van der Waals surface area contributed by atoms with Gasteiger partial charge in [0.15, 0.2) is 11.5 Å². The van der Waals surface area contributed by atoms with Gasteiger partial charge in [0.25, 0.3) is 0 Å². The van der Waals surface area contributed by atoms with Gasteiger partial charge in [0, 0.05) is 13.0 Å². The van der Waals surface area contributed by atoms with Crippen molar-refractivity contribution in [3.8, 4) is 17.2 Å². The van der Waals surface area contributed by atoms with E-state index < -0.39 is 0 Å². The van der Waals surface area contributed by atoms with Gasteiger partial charge in [-0.1, -0.05) is 36.0 Å². The van der Waals surface area contributed by atoms with Gasteiger partial charge in [0.1, 0.15) is 18.2 Å². The number of hydrogen-bond acceptors (Lipinski definition) is 6. The number of aromatic nitrogens is 2. The summed E-state index contributed by atoms with van der Waals surface area (Å²) >= 11 is 1.51. The zero-order valence-electron chi connectivity index (χ0n) is 19.8. The first-order valence-electron chi connectivity index (χ1n) is 11.8. The van der Waals surface area contributed by atoms with Crippen LogP contribution in [-0.2, 0) is 9.59 Å². The quantitative estimate of drug-likeness (QED) is 0.536. The van der Waals surface area contributed by atoms with Crippen molar-refractivity contribution in [2.45, 2.75) is 37.8 Å². The van der Waals surface area contributed by atoms with Crippen LogP contribution >= 0.6 is 11.8 Å². The van der Waals surface area contributed by atoms with Gasteiger partial charge in [0.05, 0.1) is 28.9 Å². The third kappa shape index (κ3) is 4.86. The lowest BCUT2D eigenvalue weighted by Gasteiger charge is -2.27. The standard InChI is InChI=1S/C26H28N4O4S/c1-17(19-10-11-21-22(15-19)34-14-13-33-21)27-23(31)9-6-12-29-24(32)16-35-26-25(29)18(2)28-30(26)20-7-4-3-5-8-20/h3-5,7-8,10-11,15,17H,6,9,12-14,16H2,1-2H3,(H,27,31)/t17-/m1/s1. The fourth-order valence-corrected chi connectivity index (χ4v) is 5.45. The van der Waals surface area contributed by atoms with Crippen molar-refractivity contribution < 1.29 is 19.1 Å². The molecule has 1 N–H and O–H groups in total. The largest absolute Gasteiger partial charge is 0.486 e. The topological polar surface area (TPSA) is 85.7 Å². The van der Waals surface area contributed by atoms with Crippen molar-refractivity contribution in [1.29, 1.82) is 0 Å².